The van der Waals surface area contributed by atoms with Crippen molar-refractivity contribution in [3.63, 3.8) is 0 Å². The predicted octanol–water partition coefficient (Wildman–Crippen LogP) is 2.45. The van der Waals surface area contributed by atoms with Crippen molar-refractivity contribution >= 4 is 0 Å². The van der Waals surface area contributed by atoms with Gasteiger partial charge < -0.3 is 10.4 Å². The van der Waals surface area contributed by atoms with E-state index in [2.05, 4.69) is 10.3 Å². The molecule has 0 unspecified atom stereocenters. The van der Waals surface area contributed by atoms with Crippen LogP contribution in [0.25, 0.3) is 0 Å². The number of imidazole rings is 1. The number of alkyl halides is 2. The lowest BCUT2D eigenvalue weighted by atomic mass is 9.94. The first-order valence-electron chi connectivity index (χ1n) is 6.84. The van der Waals surface area contributed by atoms with Gasteiger partial charge in [-0.25, -0.2) is 4.98 Å². The fourth-order valence-electron chi connectivity index (χ4n) is 2.63. The Morgan fingerprint density at radius 3 is 2.63 bits per heavy atom. The number of rotatable bonds is 5. The number of hydrogen-bond acceptors (Lipinski definition) is 3. The molecule has 1 fully saturated rings. The van der Waals surface area contributed by atoms with E-state index in [1.807, 2.05) is 0 Å². The highest BCUT2D eigenvalue weighted by molar-refractivity contribution is 4.93. The van der Waals surface area contributed by atoms with Crippen LogP contribution in [0.15, 0.2) is 12.4 Å². The highest BCUT2D eigenvalue weighted by Gasteiger charge is 2.27. The molecule has 1 heterocycles. The third-order valence-electron chi connectivity index (χ3n) is 3.73. The summed E-state index contributed by atoms with van der Waals surface area (Å²) in [4.78, 5) is 3.90. The lowest BCUT2D eigenvalue weighted by molar-refractivity contribution is 0.0243. The topological polar surface area (TPSA) is 50.1 Å². The summed E-state index contributed by atoms with van der Waals surface area (Å²) in [6.45, 7) is -1.89. The number of aromatic nitrogens is 2. The Morgan fingerprint density at radius 1 is 1.32 bits per heavy atom. The molecule has 0 spiro atoms. The molecule has 2 rings (SSSR count). The molecule has 0 aliphatic heterocycles. The van der Waals surface area contributed by atoms with Gasteiger partial charge in [-0.15, -0.1) is 0 Å². The van der Waals surface area contributed by atoms with Gasteiger partial charge in [0.15, 0.2) is 0 Å². The molecule has 2 N–H and O–H groups in total. The third-order valence-corrected chi connectivity index (χ3v) is 3.73. The maximum absolute atomic E-state index is 12.6. The summed E-state index contributed by atoms with van der Waals surface area (Å²) >= 11 is 0. The molecule has 1 aromatic rings. The summed E-state index contributed by atoms with van der Waals surface area (Å²) in [6.07, 6.45) is 8.59. The quantitative estimate of drug-likeness (QED) is 0.810. The lowest BCUT2D eigenvalue weighted by Gasteiger charge is -2.26. The van der Waals surface area contributed by atoms with Crippen LogP contribution in [0.3, 0.4) is 0 Å². The van der Waals surface area contributed by atoms with Crippen molar-refractivity contribution < 1.29 is 13.9 Å². The third kappa shape index (κ3) is 3.98. The Balaban J connectivity index is 1.83. The van der Waals surface area contributed by atoms with E-state index >= 15 is 0 Å². The van der Waals surface area contributed by atoms with Gasteiger partial charge in [0.25, 0.3) is 0 Å². The Kier molecular flexibility index (Phi) is 4.87. The second kappa shape index (κ2) is 6.43. The van der Waals surface area contributed by atoms with Crippen LogP contribution in [0.1, 0.15) is 50.9 Å². The molecular weight excluding hydrogens is 252 g/mol. The summed E-state index contributed by atoms with van der Waals surface area (Å²) in [6, 6.07) is 0. The van der Waals surface area contributed by atoms with E-state index in [-0.39, 0.29) is 6.54 Å². The molecule has 0 amide bonds. The fourth-order valence-corrected chi connectivity index (χ4v) is 2.63. The minimum atomic E-state index is -2.57. The van der Waals surface area contributed by atoms with Gasteiger partial charge in [0.1, 0.15) is 5.82 Å². The average molecular weight is 273 g/mol. The van der Waals surface area contributed by atoms with E-state index < -0.39 is 12.2 Å². The van der Waals surface area contributed by atoms with Gasteiger partial charge >= 0.3 is 6.55 Å². The highest BCUT2D eigenvalue weighted by Crippen LogP contribution is 2.26. The molecule has 1 aromatic heterocycles. The van der Waals surface area contributed by atoms with E-state index in [1.54, 1.807) is 0 Å². The van der Waals surface area contributed by atoms with E-state index in [4.69, 9.17) is 0 Å². The lowest BCUT2D eigenvalue weighted by Crippen LogP contribution is -2.40. The average Bonchev–Trinajstić information content (AvgIpc) is 2.72. The molecule has 0 radical (unpaired) electrons. The molecule has 0 atom stereocenters. The van der Waals surface area contributed by atoms with Crippen LogP contribution in [0.4, 0.5) is 8.78 Å². The minimum absolute atomic E-state index is 0.250. The second-order valence-corrected chi connectivity index (χ2v) is 5.27. The maximum Gasteiger partial charge on any atom is 0.319 e. The van der Waals surface area contributed by atoms with Crippen molar-refractivity contribution in [3.8, 4) is 0 Å². The van der Waals surface area contributed by atoms with E-state index in [1.165, 1.54) is 12.4 Å². The van der Waals surface area contributed by atoms with E-state index in [0.717, 1.165) is 43.1 Å². The SMILES string of the molecule is OC1(CNCc2nccn2C(F)F)CCCCCC1. The minimum Gasteiger partial charge on any atom is -0.389 e. The van der Waals surface area contributed by atoms with Crippen LogP contribution in [0.5, 0.6) is 0 Å². The number of nitrogens with one attached hydrogen (secondary N) is 1. The summed E-state index contributed by atoms with van der Waals surface area (Å²) in [5, 5.41) is 13.5. The smallest absolute Gasteiger partial charge is 0.319 e. The molecule has 1 aliphatic rings. The van der Waals surface area contributed by atoms with Crippen LogP contribution in [-0.2, 0) is 6.54 Å². The fraction of sp³-hybridized carbons (Fsp3) is 0.769. The van der Waals surface area contributed by atoms with E-state index in [0.29, 0.717) is 12.4 Å². The van der Waals surface area contributed by atoms with Crippen molar-refractivity contribution in [2.75, 3.05) is 6.54 Å². The Hall–Kier alpha value is -1.01. The molecule has 19 heavy (non-hydrogen) atoms. The van der Waals surface area contributed by atoms with Gasteiger partial charge in [-0.1, -0.05) is 25.7 Å². The van der Waals surface area contributed by atoms with Crippen LogP contribution in [0, 0.1) is 0 Å². The van der Waals surface area contributed by atoms with Gasteiger partial charge in [0.2, 0.25) is 0 Å². The van der Waals surface area contributed by atoms with Crippen molar-refractivity contribution in [1.29, 1.82) is 0 Å². The van der Waals surface area contributed by atoms with Crippen molar-refractivity contribution in [2.24, 2.45) is 0 Å². The summed E-state index contributed by atoms with van der Waals surface area (Å²) in [5.41, 5.74) is -0.696. The van der Waals surface area contributed by atoms with Crippen LogP contribution < -0.4 is 5.32 Å². The van der Waals surface area contributed by atoms with Gasteiger partial charge in [0, 0.05) is 18.9 Å². The molecule has 0 aromatic carbocycles. The number of halogens is 2. The Morgan fingerprint density at radius 2 is 2.00 bits per heavy atom. The van der Waals surface area contributed by atoms with Gasteiger partial charge in [0.05, 0.1) is 12.1 Å². The van der Waals surface area contributed by atoms with Crippen LogP contribution in [-0.4, -0.2) is 26.8 Å². The Labute approximate surface area is 111 Å². The zero-order valence-corrected chi connectivity index (χ0v) is 11.0. The van der Waals surface area contributed by atoms with Crippen molar-refractivity contribution in [1.82, 2.24) is 14.9 Å². The zero-order chi connectivity index (χ0) is 13.7. The molecule has 1 saturated carbocycles. The molecule has 108 valence electrons. The number of nitrogens with zero attached hydrogens (tertiary/aromatic N) is 2. The summed E-state index contributed by atoms with van der Waals surface area (Å²) in [7, 11) is 0. The molecule has 4 nitrogen and oxygen atoms in total. The zero-order valence-electron chi connectivity index (χ0n) is 11.0. The molecule has 0 bridgehead atoms. The summed E-state index contributed by atoms with van der Waals surface area (Å²) < 4.78 is 26.1. The van der Waals surface area contributed by atoms with Crippen LogP contribution in [0.2, 0.25) is 0 Å². The first-order chi connectivity index (χ1) is 9.11. The Bertz CT molecular complexity index is 387. The van der Waals surface area contributed by atoms with Gasteiger partial charge in [-0.3, -0.25) is 4.57 Å². The molecule has 6 heteroatoms. The number of hydrogen-bond donors (Lipinski definition) is 2. The molecular formula is C13H21F2N3O. The second-order valence-electron chi connectivity index (χ2n) is 5.27. The van der Waals surface area contributed by atoms with Gasteiger partial charge in [-0.05, 0) is 12.8 Å². The molecule has 0 saturated heterocycles. The highest BCUT2D eigenvalue weighted by atomic mass is 19.3. The van der Waals surface area contributed by atoms with Crippen LogP contribution >= 0.6 is 0 Å². The molecule has 1 aliphatic carbocycles. The first kappa shape index (κ1) is 14.4. The first-order valence-corrected chi connectivity index (χ1v) is 6.84. The maximum atomic E-state index is 12.6. The predicted molar refractivity (Wildman–Crippen MR) is 67.8 cm³/mol. The summed E-state index contributed by atoms with van der Waals surface area (Å²) in [5.74, 6) is 0.298. The monoisotopic (exact) mass is 273 g/mol. The normalized spacial score (nSPS) is 19.6. The largest absolute Gasteiger partial charge is 0.389 e. The van der Waals surface area contributed by atoms with Gasteiger partial charge in [-0.2, -0.15) is 8.78 Å². The number of aliphatic hydroxyl groups is 1. The standard InChI is InChI=1S/C13H21F2N3O/c14-12(15)18-8-7-17-11(18)9-16-10-13(19)5-3-1-2-4-6-13/h7-8,12,16,19H,1-6,9-10H2. The van der Waals surface area contributed by atoms with Crippen molar-refractivity contribution in [2.45, 2.75) is 57.2 Å². The van der Waals surface area contributed by atoms with E-state index in [9.17, 15) is 13.9 Å². The van der Waals surface area contributed by atoms with Crippen molar-refractivity contribution in [3.05, 3.63) is 18.2 Å².